The molecule has 1 aromatic heterocycles. The minimum absolute atomic E-state index is 0.159. The lowest BCUT2D eigenvalue weighted by Gasteiger charge is -1.96. The molecule has 0 spiro atoms. The Morgan fingerprint density at radius 2 is 2.36 bits per heavy atom. The molecular weight excluding hydrogens is 171 g/mol. The molecule has 0 aromatic carbocycles. The van der Waals surface area contributed by atoms with Gasteiger partial charge in [0.25, 0.3) is 5.91 Å². The molecule has 5 heteroatoms. The number of amides is 1. The van der Waals surface area contributed by atoms with E-state index in [1.54, 1.807) is 0 Å². The lowest BCUT2D eigenvalue weighted by atomic mass is 10.3. The smallest absolute Gasteiger partial charge is 0.270 e. The topological polar surface area (TPSA) is 56.0 Å². The summed E-state index contributed by atoms with van der Waals surface area (Å²) in [6.07, 6.45) is 1.21. The Labute approximate surface area is 67.0 Å². The lowest BCUT2D eigenvalue weighted by molar-refractivity contribution is 0.0991. The van der Waals surface area contributed by atoms with Gasteiger partial charge in [-0.15, -0.1) is 0 Å². The molecular formula is C6H4ClFN2O. The molecule has 0 radical (unpaired) electrons. The van der Waals surface area contributed by atoms with E-state index in [4.69, 9.17) is 17.3 Å². The van der Waals surface area contributed by atoms with Crippen molar-refractivity contribution in [3.63, 3.8) is 0 Å². The maximum atomic E-state index is 12.8. The highest BCUT2D eigenvalue weighted by Gasteiger charge is 2.11. The van der Waals surface area contributed by atoms with Crippen LogP contribution in [-0.2, 0) is 0 Å². The molecule has 3 nitrogen and oxygen atoms in total. The van der Waals surface area contributed by atoms with E-state index in [2.05, 4.69) is 4.98 Å². The summed E-state index contributed by atoms with van der Waals surface area (Å²) in [5.74, 6) is -1.80. The molecule has 1 amide bonds. The van der Waals surface area contributed by atoms with Gasteiger partial charge in [0.15, 0.2) is 11.5 Å². The van der Waals surface area contributed by atoms with Gasteiger partial charge in [-0.05, 0) is 6.07 Å². The molecule has 0 fully saturated rings. The zero-order valence-corrected chi connectivity index (χ0v) is 6.10. The van der Waals surface area contributed by atoms with Gasteiger partial charge in [0.05, 0.1) is 5.02 Å². The third kappa shape index (κ3) is 1.46. The number of nitrogens with two attached hydrogens (primary N) is 1. The monoisotopic (exact) mass is 174 g/mol. The number of primary amides is 1. The van der Waals surface area contributed by atoms with Crippen LogP contribution in [0.15, 0.2) is 12.3 Å². The lowest BCUT2D eigenvalue weighted by Crippen LogP contribution is -2.15. The molecule has 0 aliphatic carbocycles. The van der Waals surface area contributed by atoms with E-state index in [-0.39, 0.29) is 5.02 Å². The van der Waals surface area contributed by atoms with Crippen LogP contribution in [-0.4, -0.2) is 10.9 Å². The average molecular weight is 175 g/mol. The molecule has 1 rings (SSSR count). The molecule has 11 heavy (non-hydrogen) atoms. The van der Waals surface area contributed by atoms with Gasteiger partial charge in [0.1, 0.15) is 0 Å². The van der Waals surface area contributed by atoms with Crippen LogP contribution in [0, 0.1) is 5.82 Å². The summed E-state index contributed by atoms with van der Waals surface area (Å²) in [4.78, 5) is 13.8. The molecule has 0 saturated carbocycles. The van der Waals surface area contributed by atoms with Gasteiger partial charge in [-0.3, -0.25) is 4.79 Å². The molecule has 58 valence electrons. The number of halogens is 2. The number of hydrogen-bond donors (Lipinski definition) is 1. The van der Waals surface area contributed by atoms with Crippen molar-refractivity contribution in [3.8, 4) is 0 Å². The molecule has 0 aliphatic rings. The van der Waals surface area contributed by atoms with Gasteiger partial charge in [0, 0.05) is 6.20 Å². The number of carbonyl (C=O) groups excluding carboxylic acids is 1. The predicted octanol–water partition coefficient (Wildman–Crippen LogP) is 0.973. The Morgan fingerprint density at radius 3 is 2.82 bits per heavy atom. The third-order valence-electron chi connectivity index (χ3n) is 1.08. The Kier molecular flexibility index (Phi) is 2.05. The second-order valence-electron chi connectivity index (χ2n) is 1.82. The number of aromatic nitrogens is 1. The molecule has 0 aliphatic heterocycles. The maximum absolute atomic E-state index is 12.8. The van der Waals surface area contributed by atoms with Crippen molar-refractivity contribution in [2.75, 3.05) is 0 Å². The fraction of sp³-hybridized carbons (Fsp3) is 0. The van der Waals surface area contributed by atoms with Crippen molar-refractivity contribution >= 4 is 17.5 Å². The number of nitrogens with zero attached hydrogens (tertiary/aromatic N) is 1. The van der Waals surface area contributed by atoms with Crippen molar-refractivity contribution in [1.82, 2.24) is 4.98 Å². The van der Waals surface area contributed by atoms with E-state index in [0.29, 0.717) is 0 Å². The normalized spacial score (nSPS) is 9.64. The van der Waals surface area contributed by atoms with Crippen LogP contribution in [0.2, 0.25) is 5.02 Å². The molecule has 2 N–H and O–H groups in total. The molecule has 1 heterocycles. The summed E-state index contributed by atoms with van der Waals surface area (Å²) < 4.78 is 12.8. The molecule has 0 bridgehead atoms. The van der Waals surface area contributed by atoms with Crippen LogP contribution < -0.4 is 5.73 Å². The number of rotatable bonds is 1. The van der Waals surface area contributed by atoms with E-state index in [0.717, 1.165) is 0 Å². The summed E-state index contributed by atoms with van der Waals surface area (Å²) in [6.45, 7) is 0. The van der Waals surface area contributed by atoms with E-state index in [1.165, 1.54) is 12.3 Å². The summed E-state index contributed by atoms with van der Waals surface area (Å²) in [5, 5.41) is -0.159. The third-order valence-corrected chi connectivity index (χ3v) is 1.37. The largest absolute Gasteiger partial charge is 0.364 e. The Balaban J connectivity index is 3.27. The van der Waals surface area contributed by atoms with Gasteiger partial charge in [-0.2, -0.15) is 0 Å². The summed E-state index contributed by atoms with van der Waals surface area (Å²) in [6, 6.07) is 1.24. The highest BCUT2D eigenvalue weighted by molar-refractivity contribution is 6.31. The van der Waals surface area contributed by atoms with Crippen LogP contribution in [0.3, 0.4) is 0 Å². The van der Waals surface area contributed by atoms with Gasteiger partial charge >= 0.3 is 0 Å². The average Bonchev–Trinajstić information content (AvgIpc) is 1.94. The molecule has 0 atom stereocenters. The highest BCUT2D eigenvalue weighted by Crippen LogP contribution is 2.14. The summed E-state index contributed by atoms with van der Waals surface area (Å²) >= 11 is 5.34. The Bertz CT molecular complexity index is 303. The zero-order chi connectivity index (χ0) is 8.43. The molecule has 1 aromatic rings. The van der Waals surface area contributed by atoms with Crippen LogP contribution in [0.4, 0.5) is 4.39 Å². The highest BCUT2D eigenvalue weighted by atomic mass is 35.5. The Hall–Kier alpha value is -1.16. The second-order valence-corrected chi connectivity index (χ2v) is 2.23. The molecule has 0 saturated heterocycles. The van der Waals surface area contributed by atoms with Gasteiger partial charge in [-0.1, -0.05) is 11.6 Å². The van der Waals surface area contributed by atoms with Crippen molar-refractivity contribution in [1.29, 1.82) is 0 Å². The second kappa shape index (κ2) is 2.84. The van der Waals surface area contributed by atoms with E-state index >= 15 is 0 Å². The Morgan fingerprint density at radius 1 is 1.73 bits per heavy atom. The molecule has 0 unspecified atom stereocenters. The van der Waals surface area contributed by atoms with Crippen molar-refractivity contribution in [3.05, 3.63) is 28.8 Å². The van der Waals surface area contributed by atoms with E-state index in [1.807, 2.05) is 0 Å². The fourth-order valence-corrected chi connectivity index (χ4v) is 0.738. The fourth-order valence-electron chi connectivity index (χ4n) is 0.592. The standard InChI is InChI=1S/C6H4ClFN2O/c7-3-1-2-10-5(4(3)8)6(9)11/h1-2H,(H2,9,11). The zero-order valence-electron chi connectivity index (χ0n) is 5.34. The van der Waals surface area contributed by atoms with Crippen LogP contribution >= 0.6 is 11.6 Å². The van der Waals surface area contributed by atoms with Crippen LogP contribution in [0.25, 0.3) is 0 Å². The first-order valence-corrected chi connectivity index (χ1v) is 3.10. The van der Waals surface area contributed by atoms with E-state index in [9.17, 15) is 9.18 Å². The van der Waals surface area contributed by atoms with Crippen molar-refractivity contribution < 1.29 is 9.18 Å². The van der Waals surface area contributed by atoms with Crippen LogP contribution in [0.1, 0.15) is 10.5 Å². The summed E-state index contributed by atoms with van der Waals surface area (Å²) in [5.41, 5.74) is 4.35. The maximum Gasteiger partial charge on any atom is 0.270 e. The summed E-state index contributed by atoms with van der Waals surface area (Å²) in [7, 11) is 0. The first kappa shape index (κ1) is 7.94. The number of carbonyl (C=O) groups is 1. The van der Waals surface area contributed by atoms with Crippen molar-refractivity contribution in [2.45, 2.75) is 0 Å². The number of hydrogen-bond acceptors (Lipinski definition) is 2. The SMILES string of the molecule is NC(=O)c1nccc(Cl)c1F. The number of pyridine rings is 1. The van der Waals surface area contributed by atoms with E-state index < -0.39 is 17.4 Å². The van der Waals surface area contributed by atoms with Gasteiger partial charge in [-0.25, -0.2) is 9.37 Å². The minimum Gasteiger partial charge on any atom is -0.364 e. The predicted molar refractivity (Wildman–Crippen MR) is 37.7 cm³/mol. The first-order valence-electron chi connectivity index (χ1n) is 2.72. The van der Waals surface area contributed by atoms with Gasteiger partial charge < -0.3 is 5.73 Å². The first-order chi connectivity index (χ1) is 5.13. The quantitative estimate of drug-likeness (QED) is 0.690. The van der Waals surface area contributed by atoms with Gasteiger partial charge in [0.2, 0.25) is 0 Å². The van der Waals surface area contributed by atoms with Crippen molar-refractivity contribution in [2.24, 2.45) is 5.73 Å². The van der Waals surface area contributed by atoms with Crippen LogP contribution in [0.5, 0.6) is 0 Å². The minimum atomic E-state index is -0.926.